The summed E-state index contributed by atoms with van der Waals surface area (Å²) in [5.74, 6) is 0. The molecule has 0 fully saturated rings. The Bertz CT molecular complexity index is 376. The van der Waals surface area contributed by atoms with Gasteiger partial charge in [-0.1, -0.05) is 17.2 Å². The van der Waals surface area contributed by atoms with Crippen molar-refractivity contribution in [2.24, 2.45) is 5.11 Å². The van der Waals surface area contributed by atoms with Gasteiger partial charge in [-0.05, 0) is 5.53 Å². The smallest absolute Gasteiger partial charge is 0.292 e. The summed E-state index contributed by atoms with van der Waals surface area (Å²) < 4.78 is 0. The first kappa shape index (κ1) is 8.82. The molecule has 0 saturated heterocycles. The van der Waals surface area contributed by atoms with Crippen LogP contribution >= 0.6 is 0 Å². The monoisotopic (exact) mass is 179 g/mol. The van der Waals surface area contributed by atoms with Crippen molar-refractivity contribution in [2.45, 2.75) is 0 Å². The zero-order valence-electron chi connectivity index (χ0n) is 6.41. The molecule has 66 valence electrons. The number of anilines is 1. The Morgan fingerprint density at radius 2 is 2.31 bits per heavy atom. The highest BCUT2D eigenvalue weighted by Gasteiger charge is 2.12. The predicted molar refractivity (Wildman–Crippen MR) is 46.3 cm³/mol. The molecule has 0 aliphatic carbocycles. The second kappa shape index (κ2) is 3.42. The van der Waals surface area contributed by atoms with Crippen LogP contribution in [0.25, 0.3) is 10.4 Å². The number of nitro benzene ring substituents is 1. The summed E-state index contributed by atoms with van der Waals surface area (Å²) in [7, 11) is 0. The van der Waals surface area contributed by atoms with Crippen LogP contribution in [0.2, 0.25) is 0 Å². The molecule has 0 aliphatic heterocycles. The lowest BCUT2D eigenvalue weighted by molar-refractivity contribution is -0.383. The van der Waals surface area contributed by atoms with Gasteiger partial charge in [0, 0.05) is 11.0 Å². The fourth-order valence-corrected chi connectivity index (χ4v) is 0.836. The largest absolute Gasteiger partial charge is 0.393 e. The molecule has 2 N–H and O–H groups in total. The Morgan fingerprint density at radius 1 is 1.62 bits per heavy atom. The van der Waals surface area contributed by atoms with Crippen molar-refractivity contribution in [2.75, 3.05) is 5.73 Å². The van der Waals surface area contributed by atoms with Crippen LogP contribution in [0.5, 0.6) is 0 Å². The molecular weight excluding hydrogens is 174 g/mol. The normalized spacial score (nSPS) is 8.92. The Labute approximate surface area is 72.6 Å². The molecule has 7 heteroatoms. The fourth-order valence-electron chi connectivity index (χ4n) is 0.836. The molecule has 7 nitrogen and oxygen atoms in total. The highest BCUT2D eigenvalue weighted by atomic mass is 16.6. The van der Waals surface area contributed by atoms with Crippen molar-refractivity contribution in [3.05, 3.63) is 38.8 Å². The van der Waals surface area contributed by atoms with Gasteiger partial charge in [-0.25, -0.2) is 0 Å². The molecule has 1 aromatic carbocycles. The van der Waals surface area contributed by atoms with E-state index in [1.165, 1.54) is 18.2 Å². The maximum absolute atomic E-state index is 10.4. The van der Waals surface area contributed by atoms with Crippen molar-refractivity contribution in [3.63, 3.8) is 0 Å². The molecule has 0 atom stereocenters. The predicted octanol–water partition coefficient (Wildman–Crippen LogP) is 2.12. The van der Waals surface area contributed by atoms with Crippen LogP contribution in [-0.2, 0) is 0 Å². The first-order valence-corrected chi connectivity index (χ1v) is 3.25. The minimum absolute atomic E-state index is 0.0664. The number of hydrogen-bond donors (Lipinski definition) is 1. The molecule has 0 amide bonds. The van der Waals surface area contributed by atoms with E-state index >= 15 is 0 Å². The van der Waals surface area contributed by atoms with E-state index in [2.05, 4.69) is 10.0 Å². The number of nitrogen functional groups attached to an aromatic ring is 1. The quantitative estimate of drug-likeness (QED) is 0.187. The third kappa shape index (κ3) is 1.66. The topological polar surface area (TPSA) is 118 Å². The van der Waals surface area contributed by atoms with Gasteiger partial charge in [-0.15, -0.1) is 0 Å². The van der Waals surface area contributed by atoms with Gasteiger partial charge < -0.3 is 5.73 Å². The van der Waals surface area contributed by atoms with Crippen LogP contribution in [0.4, 0.5) is 17.1 Å². The minimum atomic E-state index is -0.633. The van der Waals surface area contributed by atoms with Crippen LogP contribution in [0.15, 0.2) is 23.3 Å². The molecule has 1 rings (SSSR count). The highest BCUT2D eigenvalue weighted by Crippen LogP contribution is 2.30. The first-order chi connectivity index (χ1) is 6.16. The van der Waals surface area contributed by atoms with Crippen molar-refractivity contribution in [1.29, 1.82) is 0 Å². The van der Waals surface area contributed by atoms with E-state index in [0.717, 1.165) is 0 Å². The summed E-state index contributed by atoms with van der Waals surface area (Å²) in [5, 5.41) is 13.6. The van der Waals surface area contributed by atoms with Gasteiger partial charge in [0.15, 0.2) is 0 Å². The molecule has 0 radical (unpaired) electrons. The maximum Gasteiger partial charge on any atom is 0.292 e. The van der Waals surface area contributed by atoms with E-state index < -0.39 is 4.92 Å². The van der Waals surface area contributed by atoms with Gasteiger partial charge in [0.25, 0.3) is 5.69 Å². The van der Waals surface area contributed by atoms with Crippen molar-refractivity contribution < 1.29 is 4.92 Å². The van der Waals surface area contributed by atoms with E-state index in [9.17, 15) is 10.1 Å². The zero-order chi connectivity index (χ0) is 9.84. The summed E-state index contributed by atoms with van der Waals surface area (Å²) >= 11 is 0. The van der Waals surface area contributed by atoms with Gasteiger partial charge in [-0.2, -0.15) is 0 Å². The third-order valence-corrected chi connectivity index (χ3v) is 1.41. The molecule has 0 bridgehead atoms. The molecule has 0 aliphatic rings. The SMILES string of the molecule is [N-]=[N+]=Nc1cccc([N+](=O)[O-])c1N. The number of benzene rings is 1. The third-order valence-electron chi connectivity index (χ3n) is 1.41. The molecule has 0 aromatic heterocycles. The van der Waals surface area contributed by atoms with Gasteiger partial charge in [-0.3, -0.25) is 10.1 Å². The van der Waals surface area contributed by atoms with Crippen LogP contribution in [-0.4, -0.2) is 4.92 Å². The molecule has 13 heavy (non-hydrogen) atoms. The van der Waals surface area contributed by atoms with E-state index in [-0.39, 0.29) is 17.1 Å². The van der Waals surface area contributed by atoms with Gasteiger partial charge in [0.05, 0.1) is 10.6 Å². The second-order valence-corrected chi connectivity index (χ2v) is 2.16. The zero-order valence-corrected chi connectivity index (χ0v) is 6.41. The Morgan fingerprint density at radius 3 is 2.85 bits per heavy atom. The lowest BCUT2D eigenvalue weighted by Gasteiger charge is -1.98. The maximum atomic E-state index is 10.4. The standard InChI is InChI=1S/C6H5N5O2/c7-6-4(9-10-8)2-1-3-5(6)11(12)13/h1-3H,7H2. The lowest BCUT2D eigenvalue weighted by Crippen LogP contribution is -1.94. The number of nitrogens with two attached hydrogens (primary N) is 1. The summed E-state index contributed by atoms with van der Waals surface area (Å²) in [6, 6.07) is 4.05. The molecule has 0 heterocycles. The van der Waals surface area contributed by atoms with Crippen molar-refractivity contribution in [3.8, 4) is 0 Å². The summed E-state index contributed by atoms with van der Waals surface area (Å²) in [4.78, 5) is 12.2. The Balaban J connectivity index is 3.34. The highest BCUT2D eigenvalue weighted by molar-refractivity contribution is 5.73. The second-order valence-electron chi connectivity index (χ2n) is 2.16. The fraction of sp³-hybridized carbons (Fsp3) is 0. The van der Waals surface area contributed by atoms with Crippen LogP contribution in [0, 0.1) is 10.1 Å². The summed E-state index contributed by atoms with van der Waals surface area (Å²) in [5.41, 5.74) is 13.2. The molecule has 0 saturated carbocycles. The van der Waals surface area contributed by atoms with E-state index in [4.69, 9.17) is 11.3 Å². The van der Waals surface area contributed by atoms with E-state index in [0.29, 0.717) is 0 Å². The summed E-state index contributed by atoms with van der Waals surface area (Å²) in [6.07, 6.45) is 0. The first-order valence-electron chi connectivity index (χ1n) is 3.25. The number of nitro groups is 1. The number of rotatable bonds is 2. The molecule has 0 unspecified atom stereocenters. The van der Waals surface area contributed by atoms with Gasteiger partial charge in [0.2, 0.25) is 0 Å². The molecule has 1 aromatic rings. The Kier molecular flexibility index (Phi) is 2.32. The van der Waals surface area contributed by atoms with Gasteiger partial charge >= 0.3 is 0 Å². The molecular formula is C6H5N5O2. The number of para-hydroxylation sites is 1. The molecule has 0 spiro atoms. The van der Waals surface area contributed by atoms with E-state index in [1.54, 1.807) is 0 Å². The van der Waals surface area contributed by atoms with E-state index in [1.807, 2.05) is 0 Å². The van der Waals surface area contributed by atoms with Crippen LogP contribution in [0.1, 0.15) is 0 Å². The van der Waals surface area contributed by atoms with Gasteiger partial charge in [0.1, 0.15) is 5.69 Å². The Hall–Kier alpha value is -2.27. The number of hydrogen-bond acceptors (Lipinski definition) is 4. The number of nitrogens with zero attached hydrogens (tertiary/aromatic N) is 4. The number of azide groups is 1. The van der Waals surface area contributed by atoms with Crippen molar-refractivity contribution >= 4 is 17.1 Å². The average Bonchev–Trinajstić information content (AvgIpc) is 2.08. The minimum Gasteiger partial charge on any atom is -0.393 e. The summed E-state index contributed by atoms with van der Waals surface area (Å²) in [6.45, 7) is 0. The van der Waals surface area contributed by atoms with Crippen LogP contribution in [0.3, 0.4) is 0 Å². The average molecular weight is 179 g/mol. The van der Waals surface area contributed by atoms with Crippen molar-refractivity contribution in [1.82, 2.24) is 0 Å². The van der Waals surface area contributed by atoms with Crippen LogP contribution < -0.4 is 5.73 Å². The lowest BCUT2D eigenvalue weighted by atomic mass is 10.2.